The average molecular weight is 283 g/mol. The number of para-hydroxylation sites is 1. The van der Waals surface area contributed by atoms with E-state index in [0.717, 1.165) is 5.56 Å². The molecule has 0 aromatic heterocycles. The van der Waals surface area contributed by atoms with Crippen LogP contribution in [0.4, 0.5) is 5.69 Å². The first kappa shape index (κ1) is 14.7. The molecule has 2 aromatic rings. The SMILES string of the molecule is NCc1ccccc1NC(=O)CNC(=O)c1ccccc1. The van der Waals surface area contributed by atoms with E-state index in [1.165, 1.54) is 0 Å². The van der Waals surface area contributed by atoms with Gasteiger partial charge < -0.3 is 16.4 Å². The Balaban J connectivity index is 1.89. The Morgan fingerprint density at radius 3 is 2.33 bits per heavy atom. The van der Waals surface area contributed by atoms with Gasteiger partial charge in [-0.1, -0.05) is 36.4 Å². The molecule has 0 bridgehead atoms. The molecule has 21 heavy (non-hydrogen) atoms. The summed E-state index contributed by atoms with van der Waals surface area (Å²) in [5.41, 5.74) is 7.64. The molecule has 108 valence electrons. The van der Waals surface area contributed by atoms with Gasteiger partial charge in [-0.2, -0.15) is 0 Å². The minimum absolute atomic E-state index is 0.0906. The number of hydrogen-bond donors (Lipinski definition) is 3. The van der Waals surface area contributed by atoms with Gasteiger partial charge in [0.2, 0.25) is 5.91 Å². The highest BCUT2D eigenvalue weighted by molar-refractivity contribution is 5.99. The van der Waals surface area contributed by atoms with Crippen molar-refractivity contribution < 1.29 is 9.59 Å². The number of benzene rings is 2. The molecule has 5 nitrogen and oxygen atoms in total. The lowest BCUT2D eigenvalue weighted by molar-refractivity contribution is -0.115. The summed E-state index contributed by atoms with van der Waals surface area (Å²) in [7, 11) is 0. The van der Waals surface area contributed by atoms with Gasteiger partial charge in [-0.15, -0.1) is 0 Å². The normalized spacial score (nSPS) is 9.95. The van der Waals surface area contributed by atoms with Gasteiger partial charge in [0, 0.05) is 17.8 Å². The number of anilines is 1. The van der Waals surface area contributed by atoms with Crippen LogP contribution >= 0.6 is 0 Å². The molecular weight excluding hydrogens is 266 g/mol. The summed E-state index contributed by atoms with van der Waals surface area (Å²) in [5, 5.41) is 5.31. The first-order valence-electron chi connectivity index (χ1n) is 6.62. The van der Waals surface area contributed by atoms with Crippen molar-refractivity contribution in [2.45, 2.75) is 6.54 Å². The quantitative estimate of drug-likeness (QED) is 0.777. The third-order valence-corrected chi connectivity index (χ3v) is 2.96. The lowest BCUT2D eigenvalue weighted by Crippen LogP contribution is -2.33. The molecule has 0 saturated heterocycles. The smallest absolute Gasteiger partial charge is 0.251 e. The zero-order valence-electron chi connectivity index (χ0n) is 11.5. The Morgan fingerprint density at radius 2 is 1.62 bits per heavy atom. The standard InChI is InChI=1S/C16H17N3O2/c17-10-13-8-4-5-9-14(13)19-15(20)11-18-16(21)12-6-2-1-3-7-12/h1-9H,10-11,17H2,(H,18,21)(H,19,20). The summed E-state index contributed by atoms with van der Waals surface area (Å²) in [6.45, 7) is 0.249. The maximum atomic E-state index is 11.8. The summed E-state index contributed by atoms with van der Waals surface area (Å²) < 4.78 is 0. The highest BCUT2D eigenvalue weighted by Crippen LogP contribution is 2.13. The maximum absolute atomic E-state index is 11.8. The lowest BCUT2D eigenvalue weighted by Gasteiger charge is -2.10. The van der Waals surface area contributed by atoms with Crippen molar-refractivity contribution in [1.29, 1.82) is 0 Å². The topological polar surface area (TPSA) is 84.2 Å². The van der Waals surface area contributed by atoms with Crippen molar-refractivity contribution >= 4 is 17.5 Å². The third-order valence-electron chi connectivity index (χ3n) is 2.96. The molecule has 2 rings (SSSR count). The van der Waals surface area contributed by atoms with Gasteiger partial charge >= 0.3 is 0 Å². The van der Waals surface area contributed by atoms with E-state index < -0.39 is 0 Å². The predicted octanol–water partition coefficient (Wildman–Crippen LogP) is 1.51. The van der Waals surface area contributed by atoms with E-state index in [1.807, 2.05) is 24.3 Å². The highest BCUT2D eigenvalue weighted by atomic mass is 16.2. The second-order valence-corrected chi connectivity index (χ2v) is 4.46. The number of carbonyl (C=O) groups excluding carboxylic acids is 2. The van der Waals surface area contributed by atoms with Crippen molar-refractivity contribution in [3.05, 3.63) is 65.7 Å². The molecule has 0 aliphatic rings. The van der Waals surface area contributed by atoms with Gasteiger partial charge in [0.05, 0.1) is 6.54 Å². The van der Waals surface area contributed by atoms with Crippen LogP contribution in [0, 0.1) is 0 Å². The third kappa shape index (κ3) is 4.15. The lowest BCUT2D eigenvalue weighted by atomic mass is 10.2. The molecule has 0 fully saturated rings. The number of nitrogens with one attached hydrogen (secondary N) is 2. The van der Waals surface area contributed by atoms with Crippen LogP contribution in [0.3, 0.4) is 0 Å². The van der Waals surface area contributed by atoms with Gasteiger partial charge in [-0.3, -0.25) is 9.59 Å². The Labute approximate surface area is 123 Å². The number of amides is 2. The molecule has 0 aliphatic carbocycles. The first-order valence-corrected chi connectivity index (χ1v) is 6.62. The van der Waals surface area contributed by atoms with Gasteiger partial charge in [0.1, 0.15) is 0 Å². The van der Waals surface area contributed by atoms with Crippen LogP contribution in [-0.2, 0) is 11.3 Å². The first-order chi connectivity index (χ1) is 10.2. The molecule has 0 unspecified atom stereocenters. The summed E-state index contributed by atoms with van der Waals surface area (Å²) in [5.74, 6) is -0.571. The van der Waals surface area contributed by atoms with Crippen molar-refractivity contribution in [2.24, 2.45) is 5.73 Å². The molecule has 0 spiro atoms. The molecule has 2 amide bonds. The van der Waals surface area contributed by atoms with E-state index in [4.69, 9.17) is 5.73 Å². The van der Waals surface area contributed by atoms with Crippen LogP contribution in [-0.4, -0.2) is 18.4 Å². The van der Waals surface area contributed by atoms with Crippen LogP contribution in [0.5, 0.6) is 0 Å². The van der Waals surface area contributed by atoms with E-state index in [0.29, 0.717) is 17.8 Å². The molecule has 4 N–H and O–H groups in total. The average Bonchev–Trinajstić information content (AvgIpc) is 2.54. The van der Waals surface area contributed by atoms with Gasteiger partial charge in [0.15, 0.2) is 0 Å². The summed E-state index contributed by atoms with van der Waals surface area (Å²) in [4.78, 5) is 23.7. The van der Waals surface area contributed by atoms with Crippen molar-refractivity contribution in [3.8, 4) is 0 Å². The molecular formula is C16H17N3O2. The van der Waals surface area contributed by atoms with E-state index in [2.05, 4.69) is 10.6 Å². The second kappa shape index (κ2) is 7.21. The fourth-order valence-corrected chi connectivity index (χ4v) is 1.87. The van der Waals surface area contributed by atoms with Gasteiger partial charge in [-0.05, 0) is 23.8 Å². The van der Waals surface area contributed by atoms with Crippen LogP contribution in [0.25, 0.3) is 0 Å². The number of nitrogens with two attached hydrogens (primary N) is 1. The molecule has 0 heterocycles. The van der Waals surface area contributed by atoms with Crippen molar-refractivity contribution in [1.82, 2.24) is 5.32 Å². The fourth-order valence-electron chi connectivity index (χ4n) is 1.87. The molecule has 2 aromatic carbocycles. The number of rotatable bonds is 5. The summed E-state index contributed by atoms with van der Waals surface area (Å²) in [6.07, 6.45) is 0. The summed E-state index contributed by atoms with van der Waals surface area (Å²) >= 11 is 0. The fraction of sp³-hybridized carbons (Fsp3) is 0.125. The molecule has 0 aliphatic heterocycles. The summed E-state index contributed by atoms with van der Waals surface area (Å²) in [6, 6.07) is 16.0. The zero-order valence-corrected chi connectivity index (χ0v) is 11.5. The monoisotopic (exact) mass is 283 g/mol. The zero-order chi connectivity index (χ0) is 15.1. The predicted molar refractivity (Wildman–Crippen MR) is 81.7 cm³/mol. The minimum Gasteiger partial charge on any atom is -0.343 e. The molecule has 5 heteroatoms. The Bertz CT molecular complexity index is 626. The second-order valence-electron chi connectivity index (χ2n) is 4.46. The van der Waals surface area contributed by atoms with E-state index in [-0.39, 0.29) is 18.4 Å². The molecule has 0 atom stereocenters. The minimum atomic E-state index is -0.291. The largest absolute Gasteiger partial charge is 0.343 e. The van der Waals surface area contributed by atoms with Crippen molar-refractivity contribution in [2.75, 3.05) is 11.9 Å². The Hall–Kier alpha value is -2.66. The van der Waals surface area contributed by atoms with Gasteiger partial charge in [0.25, 0.3) is 5.91 Å². The number of hydrogen-bond acceptors (Lipinski definition) is 3. The Morgan fingerprint density at radius 1 is 0.952 bits per heavy atom. The van der Waals surface area contributed by atoms with Crippen LogP contribution < -0.4 is 16.4 Å². The maximum Gasteiger partial charge on any atom is 0.251 e. The van der Waals surface area contributed by atoms with Crippen LogP contribution in [0.1, 0.15) is 15.9 Å². The van der Waals surface area contributed by atoms with E-state index >= 15 is 0 Å². The van der Waals surface area contributed by atoms with Crippen LogP contribution in [0.15, 0.2) is 54.6 Å². The van der Waals surface area contributed by atoms with E-state index in [9.17, 15) is 9.59 Å². The van der Waals surface area contributed by atoms with Crippen LogP contribution in [0.2, 0.25) is 0 Å². The highest BCUT2D eigenvalue weighted by Gasteiger charge is 2.09. The van der Waals surface area contributed by atoms with Gasteiger partial charge in [-0.25, -0.2) is 0 Å². The number of carbonyl (C=O) groups is 2. The van der Waals surface area contributed by atoms with E-state index in [1.54, 1.807) is 30.3 Å². The van der Waals surface area contributed by atoms with Crippen molar-refractivity contribution in [3.63, 3.8) is 0 Å². The Kier molecular flexibility index (Phi) is 5.06. The molecule has 0 saturated carbocycles. The molecule has 0 radical (unpaired) electrons.